The lowest BCUT2D eigenvalue weighted by Crippen LogP contribution is -2.56. The van der Waals surface area contributed by atoms with Crippen molar-refractivity contribution >= 4 is 17.7 Å². The van der Waals surface area contributed by atoms with Gasteiger partial charge in [0.15, 0.2) is 0 Å². The van der Waals surface area contributed by atoms with Crippen molar-refractivity contribution in [1.29, 1.82) is 0 Å². The molecule has 3 N–H and O–H groups in total. The molecule has 4 aliphatic rings. The van der Waals surface area contributed by atoms with E-state index in [0.29, 0.717) is 31.8 Å². The summed E-state index contributed by atoms with van der Waals surface area (Å²) in [5.41, 5.74) is 0. The third-order valence-electron chi connectivity index (χ3n) is 8.71. The molecule has 1 aromatic heterocycles. The molecule has 3 saturated heterocycles. The maximum absolute atomic E-state index is 12.7. The molecular weight excluding hydrogens is 466 g/mol. The van der Waals surface area contributed by atoms with Gasteiger partial charge in [0.25, 0.3) is 0 Å². The quantitative estimate of drug-likeness (QED) is 0.489. The summed E-state index contributed by atoms with van der Waals surface area (Å²) in [4.78, 5) is 27.5. The molecule has 9 heteroatoms. The van der Waals surface area contributed by atoms with E-state index < -0.39 is 0 Å². The van der Waals surface area contributed by atoms with Crippen molar-refractivity contribution in [2.24, 2.45) is 0 Å². The normalized spacial score (nSPS) is 28.4. The lowest BCUT2D eigenvalue weighted by atomic mass is 9.87. The van der Waals surface area contributed by atoms with Crippen LogP contribution < -0.4 is 20.9 Å². The number of nitrogens with zero attached hydrogens (tertiary/aromatic N) is 4. The predicted molar refractivity (Wildman–Crippen MR) is 147 cm³/mol. The van der Waals surface area contributed by atoms with Gasteiger partial charge in [-0.2, -0.15) is 4.98 Å². The lowest BCUT2D eigenvalue weighted by Gasteiger charge is -2.47. The first-order valence-corrected chi connectivity index (χ1v) is 15.0. The van der Waals surface area contributed by atoms with Crippen LogP contribution in [-0.4, -0.2) is 90.9 Å². The minimum absolute atomic E-state index is 0.00483. The van der Waals surface area contributed by atoms with Crippen molar-refractivity contribution in [2.75, 3.05) is 56.1 Å². The molecule has 37 heavy (non-hydrogen) atoms. The molecular formula is C28H47N7O2. The first kappa shape index (κ1) is 26.6. The standard InChI is InChI=1S/C28H47N7O2/c36-27(25-21-29-16-20-37-25)30-14-12-24-23(11-8-19-35(24)22-9-4-3-5-10-22)32-28-31-15-13-26(33-28)34-17-6-1-2-7-18-34/h13,15,22-25,29H,1-12,14,16-21H2,(H,30,36)(H,31,32,33). The van der Waals surface area contributed by atoms with E-state index in [0.717, 1.165) is 50.8 Å². The summed E-state index contributed by atoms with van der Waals surface area (Å²) in [6.45, 7) is 5.98. The van der Waals surface area contributed by atoms with E-state index in [9.17, 15) is 4.79 Å². The molecule has 3 atom stereocenters. The van der Waals surface area contributed by atoms with Crippen LogP contribution in [0.2, 0.25) is 0 Å². The Kier molecular flexibility index (Phi) is 9.87. The Bertz CT molecular complexity index is 836. The third kappa shape index (κ3) is 7.33. The lowest BCUT2D eigenvalue weighted by molar-refractivity contribution is -0.134. The SMILES string of the molecule is O=C(NCCC1C(Nc2nccc(N3CCCCCC3)n2)CCCN1C1CCCCC1)C1CNCCO1. The first-order valence-electron chi connectivity index (χ1n) is 15.0. The highest BCUT2D eigenvalue weighted by Crippen LogP contribution is 2.31. The van der Waals surface area contributed by atoms with Gasteiger partial charge in [0.2, 0.25) is 11.9 Å². The molecule has 1 aromatic rings. The number of ether oxygens (including phenoxy) is 1. The van der Waals surface area contributed by atoms with E-state index in [-0.39, 0.29) is 18.1 Å². The number of hydrogen-bond acceptors (Lipinski definition) is 8. The summed E-state index contributed by atoms with van der Waals surface area (Å²) >= 11 is 0. The van der Waals surface area contributed by atoms with Gasteiger partial charge in [0.05, 0.1) is 6.61 Å². The van der Waals surface area contributed by atoms with Crippen LogP contribution in [0.5, 0.6) is 0 Å². The van der Waals surface area contributed by atoms with Crippen LogP contribution in [0.25, 0.3) is 0 Å². The van der Waals surface area contributed by atoms with E-state index in [2.05, 4.69) is 36.8 Å². The summed E-state index contributed by atoms with van der Waals surface area (Å²) in [5.74, 6) is 1.79. The summed E-state index contributed by atoms with van der Waals surface area (Å²) in [6, 6.07) is 3.34. The number of aromatic nitrogens is 2. The summed E-state index contributed by atoms with van der Waals surface area (Å²) in [6.07, 6.45) is 16.4. The topological polar surface area (TPSA) is 94.7 Å². The van der Waals surface area contributed by atoms with E-state index in [4.69, 9.17) is 9.72 Å². The van der Waals surface area contributed by atoms with Gasteiger partial charge in [0.1, 0.15) is 11.9 Å². The monoisotopic (exact) mass is 513 g/mol. The van der Waals surface area contributed by atoms with Gasteiger partial charge in [-0.15, -0.1) is 0 Å². The van der Waals surface area contributed by atoms with Crippen molar-refractivity contribution in [1.82, 2.24) is 25.5 Å². The zero-order valence-corrected chi connectivity index (χ0v) is 22.5. The van der Waals surface area contributed by atoms with Crippen molar-refractivity contribution in [2.45, 2.75) is 101 Å². The Morgan fingerprint density at radius 2 is 1.84 bits per heavy atom. The number of anilines is 2. The van der Waals surface area contributed by atoms with Gasteiger partial charge < -0.3 is 25.6 Å². The second-order valence-corrected chi connectivity index (χ2v) is 11.3. The second kappa shape index (κ2) is 13.7. The number of hydrogen-bond donors (Lipinski definition) is 3. The number of carbonyl (C=O) groups excluding carboxylic acids is 1. The number of rotatable bonds is 8. The van der Waals surface area contributed by atoms with Gasteiger partial charge in [-0.3, -0.25) is 9.69 Å². The molecule has 206 valence electrons. The minimum Gasteiger partial charge on any atom is -0.366 e. The zero-order chi connectivity index (χ0) is 25.3. The summed E-state index contributed by atoms with van der Waals surface area (Å²) in [5, 5.41) is 10.2. The second-order valence-electron chi connectivity index (χ2n) is 11.3. The van der Waals surface area contributed by atoms with E-state index in [1.807, 2.05) is 6.20 Å². The van der Waals surface area contributed by atoms with Gasteiger partial charge in [-0.1, -0.05) is 32.1 Å². The molecule has 3 aliphatic heterocycles. The molecule has 9 nitrogen and oxygen atoms in total. The van der Waals surface area contributed by atoms with Crippen LogP contribution in [0.1, 0.15) is 77.0 Å². The Hall–Kier alpha value is -1.97. The molecule has 4 fully saturated rings. The highest BCUT2D eigenvalue weighted by Gasteiger charge is 2.36. The van der Waals surface area contributed by atoms with Crippen LogP contribution in [-0.2, 0) is 9.53 Å². The predicted octanol–water partition coefficient (Wildman–Crippen LogP) is 2.93. The van der Waals surface area contributed by atoms with Crippen LogP contribution in [0.4, 0.5) is 11.8 Å². The highest BCUT2D eigenvalue weighted by molar-refractivity contribution is 5.81. The smallest absolute Gasteiger partial charge is 0.250 e. The number of carbonyl (C=O) groups is 1. The number of amides is 1. The van der Waals surface area contributed by atoms with E-state index in [1.165, 1.54) is 64.2 Å². The molecule has 0 spiro atoms. The van der Waals surface area contributed by atoms with Crippen molar-refractivity contribution < 1.29 is 9.53 Å². The molecule has 1 amide bonds. The molecule has 0 bridgehead atoms. The Labute approximate surface area is 222 Å². The molecule has 3 unspecified atom stereocenters. The first-order chi connectivity index (χ1) is 18.3. The highest BCUT2D eigenvalue weighted by atomic mass is 16.5. The Morgan fingerprint density at radius 1 is 1.03 bits per heavy atom. The third-order valence-corrected chi connectivity index (χ3v) is 8.71. The maximum Gasteiger partial charge on any atom is 0.250 e. The van der Waals surface area contributed by atoms with Gasteiger partial charge in [0, 0.05) is 57.0 Å². The molecule has 4 heterocycles. The molecule has 1 aliphatic carbocycles. The average Bonchev–Trinajstić information content (AvgIpc) is 3.25. The molecule has 5 rings (SSSR count). The Morgan fingerprint density at radius 3 is 2.62 bits per heavy atom. The number of nitrogens with one attached hydrogen (secondary N) is 3. The average molecular weight is 514 g/mol. The number of piperidine rings is 1. The van der Waals surface area contributed by atoms with Gasteiger partial charge in [-0.25, -0.2) is 4.98 Å². The number of likely N-dealkylation sites (tertiary alicyclic amines) is 1. The van der Waals surface area contributed by atoms with Crippen LogP contribution in [0.15, 0.2) is 12.3 Å². The maximum atomic E-state index is 12.7. The van der Waals surface area contributed by atoms with Crippen LogP contribution >= 0.6 is 0 Å². The fourth-order valence-corrected chi connectivity index (χ4v) is 6.74. The van der Waals surface area contributed by atoms with Gasteiger partial charge >= 0.3 is 0 Å². The largest absolute Gasteiger partial charge is 0.366 e. The zero-order valence-electron chi connectivity index (χ0n) is 22.5. The van der Waals surface area contributed by atoms with Crippen molar-refractivity contribution in [3.8, 4) is 0 Å². The fraction of sp³-hybridized carbons (Fsp3) is 0.821. The van der Waals surface area contributed by atoms with E-state index in [1.54, 1.807) is 0 Å². The Balaban J connectivity index is 1.25. The van der Waals surface area contributed by atoms with Crippen molar-refractivity contribution in [3.05, 3.63) is 12.3 Å². The summed E-state index contributed by atoms with van der Waals surface area (Å²) in [7, 11) is 0. The summed E-state index contributed by atoms with van der Waals surface area (Å²) < 4.78 is 5.65. The number of morpholine rings is 1. The molecule has 0 aromatic carbocycles. The minimum atomic E-state index is -0.376. The van der Waals surface area contributed by atoms with Crippen LogP contribution in [0, 0.1) is 0 Å². The van der Waals surface area contributed by atoms with Gasteiger partial charge in [-0.05, 0) is 57.6 Å². The molecule has 1 saturated carbocycles. The molecule has 0 radical (unpaired) electrons. The van der Waals surface area contributed by atoms with Crippen LogP contribution in [0.3, 0.4) is 0 Å². The van der Waals surface area contributed by atoms with E-state index >= 15 is 0 Å². The van der Waals surface area contributed by atoms with Crippen molar-refractivity contribution in [3.63, 3.8) is 0 Å². The fourth-order valence-electron chi connectivity index (χ4n) is 6.74.